The van der Waals surface area contributed by atoms with E-state index < -0.39 is 0 Å². The van der Waals surface area contributed by atoms with Crippen molar-refractivity contribution in [2.24, 2.45) is 7.05 Å². The van der Waals surface area contributed by atoms with E-state index in [1.165, 1.54) is 0 Å². The van der Waals surface area contributed by atoms with E-state index in [9.17, 15) is 0 Å². The minimum Gasteiger partial charge on any atom is -0.362 e. The van der Waals surface area contributed by atoms with Crippen molar-refractivity contribution < 1.29 is 0 Å². The van der Waals surface area contributed by atoms with Gasteiger partial charge in [-0.1, -0.05) is 0 Å². The van der Waals surface area contributed by atoms with E-state index in [2.05, 4.69) is 32.4 Å². The fourth-order valence-corrected chi connectivity index (χ4v) is 1.95. The predicted molar refractivity (Wildman–Crippen MR) is 69.1 cm³/mol. The molecule has 0 saturated heterocycles. The summed E-state index contributed by atoms with van der Waals surface area (Å²) in [5, 5.41) is 10.1. The molecule has 3 rings (SSSR count). The third kappa shape index (κ3) is 1.71. The first-order chi connectivity index (χ1) is 8.75. The first-order valence-corrected chi connectivity index (χ1v) is 5.77. The lowest BCUT2D eigenvalue weighted by atomic mass is 10.2. The number of hydrogen-bond donors (Lipinski definition) is 2. The highest BCUT2D eigenvalue weighted by molar-refractivity contribution is 5.85. The standard InChI is InChI=1S/C12H14N6/c1-8(9-5-15-16-6-9)17-12-11-10(3-4-13-12)18(2)7-14-11/h3-8H,1-2H3,(H,13,17)(H,15,16). The zero-order chi connectivity index (χ0) is 12.5. The van der Waals surface area contributed by atoms with Gasteiger partial charge in [-0.3, -0.25) is 5.10 Å². The summed E-state index contributed by atoms with van der Waals surface area (Å²) in [5.74, 6) is 0.793. The molecule has 3 aromatic heterocycles. The van der Waals surface area contributed by atoms with E-state index in [0.29, 0.717) is 0 Å². The maximum Gasteiger partial charge on any atom is 0.154 e. The van der Waals surface area contributed by atoms with Crippen LogP contribution in [0.3, 0.4) is 0 Å². The number of imidazole rings is 1. The van der Waals surface area contributed by atoms with Crippen LogP contribution in [0.4, 0.5) is 5.82 Å². The molecular weight excluding hydrogens is 228 g/mol. The largest absolute Gasteiger partial charge is 0.362 e. The maximum absolute atomic E-state index is 4.37. The Bertz CT molecular complexity index is 654. The Balaban J connectivity index is 1.95. The van der Waals surface area contributed by atoms with Crippen LogP contribution in [0.2, 0.25) is 0 Å². The molecule has 1 atom stereocenters. The summed E-state index contributed by atoms with van der Waals surface area (Å²) in [7, 11) is 1.97. The van der Waals surface area contributed by atoms with Gasteiger partial charge in [-0.2, -0.15) is 5.10 Å². The highest BCUT2D eigenvalue weighted by Gasteiger charge is 2.11. The molecule has 0 fully saturated rings. The van der Waals surface area contributed by atoms with Crippen LogP contribution in [0, 0.1) is 0 Å². The lowest BCUT2D eigenvalue weighted by Gasteiger charge is -2.12. The number of rotatable bonds is 3. The van der Waals surface area contributed by atoms with Gasteiger partial charge >= 0.3 is 0 Å². The molecule has 0 aromatic carbocycles. The van der Waals surface area contributed by atoms with Crippen LogP contribution in [0.15, 0.2) is 31.0 Å². The fraction of sp³-hybridized carbons (Fsp3) is 0.250. The van der Waals surface area contributed by atoms with Crippen LogP contribution >= 0.6 is 0 Å². The van der Waals surface area contributed by atoms with Gasteiger partial charge in [-0.15, -0.1) is 0 Å². The Kier molecular flexibility index (Phi) is 2.47. The Hall–Kier alpha value is -2.37. The number of aromatic nitrogens is 5. The fourth-order valence-electron chi connectivity index (χ4n) is 1.95. The summed E-state index contributed by atoms with van der Waals surface area (Å²) in [4.78, 5) is 8.72. The number of nitrogens with one attached hydrogen (secondary N) is 2. The summed E-state index contributed by atoms with van der Waals surface area (Å²) in [6.07, 6.45) is 7.25. The van der Waals surface area contributed by atoms with Crippen LogP contribution in [0.1, 0.15) is 18.5 Å². The number of anilines is 1. The molecule has 1 unspecified atom stereocenters. The average molecular weight is 242 g/mol. The highest BCUT2D eigenvalue weighted by atomic mass is 15.1. The topological polar surface area (TPSA) is 71.4 Å². The van der Waals surface area contributed by atoms with E-state index in [1.807, 2.05) is 23.9 Å². The van der Waals surface area contributed by atoms with Gasteiger partial charge in [0.1, 0.15) is 5.52 Å². The van der Waals surface area contributed by atoms with Crippen molar-refractivity contribution >= 4 is 16.9 Å². The summed E-state index contributed by atoms with van der Waals surface area (Å²) < 4.78 is 1.98. The van der Waals surface area contributed by atoms with Crippen molar-refractivity contribution in [3.8, 4) is 0 Å². The number of aromatic amines is 1. The second-order valence-electron chi connectivity index (χ2n) is 4.28. The van der Waals surface area contributed by atoms with Gasteiger partial charge in [-0.05, 0) is 13.0 Å². The molecule has 0 saturated carbocycles. The molecule has 0 aliphatic rings. The molecular formula is C12H14N6. The summed E-state index contributed by atoms with van der Waals surface area (Å²) in [6.45, 7) is 2.06. The van der Waals surface area contributed by atoms with Crippen LogP contribution in [-0.4, -0.2) is 24.7 Å². The number of nitrogens with zero attached hydrogens (tertiary/aromatic N) is 4. The van der Waals surface area contributed by atoms with Crippen LogP contribution in [-0.2, 0) is 7.05 Å². The first-order valence-electron chi connectivity index (χ1n) is 5.77. The molecule has 6 heteroatoms. The molecule has 0 bridgehead atoms. The monoisotopic (exact) mass is 242 g/mol. The summed E-state index contributed by atoms with van der Waals surface area (Å²) in [5.41, 5.74) is 3.03. The number of H-pyrrole nitrogens is 1. The number of fused-ring (bicyclic) bond motifs is 1. The molecule has 2 N–H and O–H groups in total. The third-order valence-corrected chi connectivity index (χ3v) is 3.02. The van der Waals surface area contributed by atoms with Crippen LogP contribution < -0.4 is 5.32 Å². The number of hydrogen-bond acceptors (Lipinski definition) is 4. The number of pyridine rings is 1. The van der Waals surface area contributed by atoms with Gasteiger partial charge in [0.2, 0.25) is 0 Å². The highest BCUT2D eigenvalue weighted by Crippen LogP contribution is 2.23. The van der Waals surface area contributed by atoms with E-state index in [4.69, 9.17) is 0 Å². The Morgan fingerprint density at radius 2 is 2.28 bits per heavy atom. The lowest BCUT2D eigenvalue weighted by Crippen LogP contribution is -2.07. The van der Waals surface area contributed by atoms with Crippen molar-refractivity contribution in [3.63, 3.8) is 0 Å². The van der Waals surface area contributed by atoms with Crippen molar-refractivity contribution in [3.05, 3.63) is 36.5 Å². The van der Waals surface area contributed by atoms with Crippen molar-refractivity contribution in [2.75, 3.05) is 5.32 Å². The molecule has 0 aliphatic heterocycles. The maximum atomic E-state index is 4.37. The van der Waals surface area contributed by atoms with Gasteiger partial charge in [-0.25, -0.2) is 9.97 Å². The van der Waals surface area contributed by atoms with E-state index >= 15 is 0 Å². The van der Waals surface area contributed by atoms with Crippen LogP contribution in [0.5, 0.6) is 0 Å². The minimum absolute atomic E-state index is 0.129. The van der Waals surface area contributed by atoms with Crippen molar-refractivity contribution in [1.82, 2.24) is 24.7 Å². The molecule has 92 valence electrons. The van der Waals surface area contributed by atoms with E-state index in [-0.39, 0.29) is 6.04 Å². The summed E-state index contributed by atoms with van der Waals surface area (Å²) >= 11 is 0. The molecule has 0 aliphatic carbocycles. The smallest absolute Gasteiger partial charge is 0.154 e. The van der Waals surface area contributed by atoms with Gasteiger partial charge < -0.3 is 9.88 Å². The minimum atomic E-state index is 0.129. The lowest BCUT2D eigenvalue weighted by molar-refractivity contribution is 0.878. The summed E-state index contributed by atoms with van der Waals surface area (Å²) in [6, 6.07) is 2.08. The molecule has 0 spiro atoms. The average Bonchev–Trinajstić information content (AvgIpc) is 3.00. The molecule has 0 radical (unpaired) electrons. The Morgan fingerprint density at radius 1 is 1.39 bits per heavy atom. The molecule has 3 heterocycles. The van der Waals surface area contributed by atoms with Crippen molar-refractivity contribution in [1.29, 1.82) is 0 Å². The van der Waals surface area contributed by atoms with Crippen molar-refractivity contribution in [2.45, 2.75) is 13.0 Å². The van der Waals surface area contributed by atoms with Crippen LogP contribution in [0.25, 0.3) is 11.0 Å². The predicted octanol–water partition coefficient (Wildman–Crippen LogP) is 1.86. The molecule has 3 aromatic rings. The third-order valence-electron chi connectivity index (χ3n) is 3.02. The quantitative estimate of drug-likeness (QED) is 0.735. The normalized spacial score (nSPS) is 12.8. The Morgan fingerprint density at radius 3 is 3.06 bits per heavy atom. The van der Waals surface area contributed by atoms with Gasteiger partial charge in [0.25, 0.3) is 0 Å². The SMILES string of the molecule is CC(Nc1nccc2c1ncn2C)c1cn[nH]c1. The second-order valence-corrected chi connectivity index (χ2v) is 4.28. The van der Waals surface area contributed by atoms with Gasteiger partial charge in [0, 0.05) is 25.0 Å². The first kappa shape index (κ1) is 10.8. The zero-order valence-electron chi connectivity index (χ0n) is 10.3. The molecule has 6 nitrogen and oxygen atoms in total. The van der Waals surface area contributed by atoms with Gasteiger partial charge in [0.05, 0.1) is 24.1 Å². The van der Waals surface area contributed by atoms with E-state index in [0.717, 1.165) is 22.4 Å². The number of aryl methyl sites for hydroxylation is 1. The zero-order valence-corrected chi connectivity index (χ0v) is 10.3. The molecule has 0 amide bonds. The van der Waals surface area contributed by atoms with E-state index in [1.54, 1.807) is 18.7 Å². The van der Waals surface area contributed by atoms with Gasteiger partial charge in [0.15, 0.2) is 5.82 Å². The molecule has 18 heavy (non-hydrogen) atoms. The second kappa shape index (κ2) is 4.14. The Labute approximate surface area is 104 Å².